The lowest BCUT2D eigenvalue weighted by Gasteiger charge is -2.42. The Morgan fingerprint density at radius 1 is 1.24 bits per heavy atom. The fraction of sp³-hybridized carbons (Fsp3) is 0.562. The van der Waals surface area contributed by atoms with Crippen molar-refractivity contribution < 1.29 is 44.2 Å². The van der Waals surface area contributed by atoms with Crippen LogP contribution in [0.3, 0.4) is 0 Å². The molecule has 25 heavy (non-hydrogen) atoms. The van der Waals surface area contributed by atoms with Gasteiger partial charge in [0.2, 0.25) is 6.29 Å². The van der Waals surface area contributed by atoms with Gasteiger partial charge in [-0.25, -0.2) is 4.79 Å². The van der Waals surface area contributed by atoms with E-state index < -0.39 is 55.5 Å². The van der Waals surface area contributed by atoms with Crippen LogP contribution in [0.25, 0.3) is 0 Å². The molecule has 1 fully saturated rings. The first-order valence-corrected chi connectivity index (χ1v) is 7.79. The van der Waals surface area contributed by atoms with Crippen LogP contribution in [0.1, 0.15) is 0 Å². The third kappa shape index (κ3) is 3.22. The Balaban J connectivity index is 1.78. The summed E-state index contributed by atoms with van der Waals surface area (Å²) in [6.07, 6.45) is -3.61. The van der Waals surface area contributed by atoms with Gasteiger partial charge in [-0.3, -0.25) is 0 Å². The minimum Gasteiger partial charge on any atom is -0.471 e. The highest BCUT2D eigenvalue weighted by molar-refractivity contribution is 5.94. The topological polar surface area (TPSA) is 135 Å². The average Bonchev–Trinajstić information content (AvgIpc) is 2.62. The van der Waals surface area contributed by atoms with Crippen LogP contribution in [0.5, 0.6) is 0 Å². The summed E-state index contributed by atoms with van der Waals surface area (Å²) in [5, 5.41) is 38.9. The van der Waals surface area contributed by atoms with Crippen molar-refractivity contribution in [1.82, 2.24) is 0 Å². The van der Waals surface area contributed by atoms with Gasteiger partial charge in [0.25, 0.3) is 0 Å². The van der Waals surface area contributed by atoms with Crippen molar-refractivity contribution in [3.05, 3.63) is 36.1 Å². The van der Waals surface area contributed by atoms with E-state index in [2.05, 4.69) is 6.58 Å². The second-order valence-corrected chi connectivity index (χ2v) is 5.89. The first kappa shape index (κ1) is 18.1. The minimum atomic E-state index is -1.56. The Kier molecular flexibility index (Phi) is 5.23. The molecular formula is C16H20O9. The average molecular weight is 356 g/mol. The lowest BCUT2D eigenvalue weighted by atomic mass is 9.89. The lowest BCUT2D eigenvalue weighted by Crippen LogP contribution is -2.60. The van der Waals surface area contributed by atoms with E-state index in [9.17, 15) is 25.2 Å². The highest BCUT2D eigenvalue weighted by Gasteiger charge is 2.46. The molecule has 0 bridgehead atoms. The van der Waals surface area contributed by atoms with Crippen molar-refractivity contribution >= 4 is 5.97 Å². The third-order valence-corrected chi connectivity index (χ3v) is 4.39. The third-order valence-electron chi connectivity index (χ3n) is 4.39. The number of carbonyl (C=O) groups is 1. The molecule has 0 unspecified atom stereocenters. The molecule has 0 amide bonds. The highest BCUT2D eigenvalue weighted by atomic mass is 16.8. The Labute approximate surface area is 143 Å². The molecule has 0 saturated carbocycles. The van der Waals surface area contributed by atoms with Crippen LogP contribution in [0.2, 0.25) is 0 Å². The van der Waals surface area contributed by atoms with Crippen LogP contribution in [-0.2, 0) is 23.7 Å². The lowest BCUT2D eigenvalue weighted by molar-refractivity contribution is -0.336. The zero-order valence-electron chi connectivity index (χ0n) is 13.2. The zero-order chi connectivity index (χ0) is 18.1. The van der Waals surface area contributed by atoms with Crippen LogP contribution in [0.4, 0.5) is 0 Å². The minimum absolute atomic E-state index is 0.114. The van der Waals surface area contributed by atoms with Crippen LogP contribution in [0, 0.1) is 5.92 Å². The number of aliphatic hydroxyl groups excluding tert-OH is 4. The Hall–Kier alpha value is -1.75. The molecule has 0 aliphatic carbocycles. The molecule has 1 saturated heterocycles. The number of fused-ring (bicyclic) bond motifs is 1. The van der Waals surface area contributed by atoms with Crippen LogP contribution in [-0.4, -0.2) is 76.6 Å². The zero-order valence-corrected chi connectivity index (χ0v) is 13.2. The predicted molar refractivity (Wildman–Crippen MR) is 80.5 cm³/mol. The van der Waals surface area contributed by atoms with E-state index in [0.717, 1.165) is 0 Å². The molecular weight excluding hydrogens is 336 g/mol. The van der Waals surface area contributed by atoms with Crippen LogP contribution in [0.15, 0.2) is 36.1 Å². The van der Waals surface area contributed by atoms with Gasteiger partial charge in [0.15, 0.2) is 6.29 Å². The number of rotatable bonds is 4. The second kappa shape index (κ2) is 7.24. The number of carbonyl (C=O) groups excluding carboxylic acids is 1. The first-order valence-electron chi connectivity index (χ1n) is 7.79. The van der Waals surface area contributed by atoms with E-state index in [1.165, 1.54) is 12.3 Å². The van der Waals surface area contributed by atoms with Crippen molar-refractivity contribution in [2.45, 2.75) is 37.0 Å². The largest absolute Gasteiger partial charge is 0.471 e. The normalized spacial score (nSPS) is 41.0. The molecule has 4 N–H and O–H groups in total. The Bertz CT molecular complexity index is 596. The molecule has 3 rings (SSSR count). The summed E-state index contributed by atoms with van der Waals surface area (Å²) in [6, 6.07) is 0. The molecule has 0 aromatic carbocycles. The number of hydrogen-bond acceptors (Lipinski definition) is 9. The number of esters is 1. The standard InChI is InChI=1S/C16H20O9/c1-2-7-8-3-4-22-14(21)9(8)6-23-15(7)25-16-13(20)12(19)11(18)10(5-17)24-16/h2-3,6-7,10-13,15-20H,1,4-5H2/t7-,10+,11+,12-,13+,15-,16-/m1/s1. The molecule has 3 heterocycles. The van der Waals surface area contributed by atoms with E-state index in [1.54, 1.807) is 6.08 Å². The second-order valence-electron chi connectivity index (χ2n) is 5.89. The first-order chi connectivity index (χ1) is 12.0. The van der Waals surface area contributed by atoms with Gasteiger partial charge in [-0.1, -0.05) is 6.08 Å². The van der Waals surface area contributed by atoms with Gasteiger partial charge in [-0.2, -0.15) is 0 Å². The van der Waals surface area contributed by atoms with E-state index in [-0.39, 0.29) is 12.2 Å². The van der Waals surface area contributed by atoms with E-state index in [0.29, 0.717) is 5.57 Å². The van der Waals surface area contributed by atoms with Crippen molar-refractivity contribution in [1.29, 1.82) is 0 Å². The van der Waals surface area contributed by atoms with E-state index >= 15 is 0 Å². The van der Waals surface area contributed by atoms with Gasteiger partial charge >= 0.3 is 5.97 Å². The molecule has 7 atom stereocenters. The number of cyclic esters (lactones) is 1. The fourth-order valence-electron chi connectivity index (χ4n) is 2.98. The molecule has 0 radical (unpaired) electrons. The predicted octanol–water partition coefficient (Wildman–Crippen LogP) is -1.67. The van der Waals surface area contributed by atoms with Gasteiger partial charge in [-0.05, 0) is 11.6 Å². The van der Waals surface area contributed by atoms with Gasteiger partial charge < -0.3 is 39.4 Å². The Morgan fingerprint density at radius 2 is 2.00 bits per heavy atom. The maximum Gasteiger partial charge on any atom is 0.341 e. The van der Waals surface area contributed by atoms with E-state index in [4.69, 9.17) is 18.9 Å². The summed E-state index contributed by atoms with van der Waals surface area (Å²) < 4.78 is 21.2. The fourth-order valence-corrected chi connectivity index (χ4v) is 2.98. The summed E-state index contributed by atoms with van der Waals surface area (Å²) in [5.74, 6) is -1.06. The summed E-state index contributed by atoms with van der Waals surface area (Å²) in [7, 11) is 0. The van der Waals surface area contributed by atoms with Gasteiger partial charge in [0.1, 0.15) is 37.3 Å². The summed E-state index contributed by atoms with van der Waals surface area (Å²) >= 11 is 0. The molecule has 0 aromatic rings. The molecule has 9 nitrogen and oxygen atoms in total. The van der Waals surface area contributed by atoms with Crippen LogP contribution >= 0.6 is 0 Å². The molecule has 3 aliphatic heterocycles. The van der Waals surface area contributed by atoms with Crippen molar-refractivity contribution in [2.24, 2.45) is 5.92 Å². The number of ether oxygens (including phenoxy) is 4. The SMILES string of the molecule is C=C[C@@H]1C2=CCOC(=O)C2=CO[C@@H]1O[C@H]1O[C@@H](CO)[C@H](O)[C@@H](O)[C@@H]1O. The number of aliphatic hydroxyl groups is 4. The summed E-state index contributed by atoms with van der Waals surface area (Å²) in [5.41, 5.74) is 0.872. The van der Waals surface area contributed by atoms with Crippen molar-refractivity contribution in [3.63, 3.8) is 0 Å². The molecule has 0 aromatic heterocycles. The molecule has 3 aliphatic rings. The molecule has 9 heteroatoms. The van der Waals surface area contributed by atoms with Gasteiger partial charge in [0, 0.05) is 0 Å². The molecule has 0 spiro atoms. The summed E-state index contributed by atoms with van der Waals surface area (Å²) in [4.78, 5) is 11.8. The van der Waals surface area contributed by atoms with Crippen LogP contribution < -0.4 is 0 Å². The Morgan fingerprint density at radius 3 is 2.68 bits per heavy atom. The quantitative estimate of drug-likeness (QED) is 0.344. The summed E-state index contributed by atoms with van der Waals surface area (Å²) in [6.45, 7) is 3.25. The smallest absolute Gasteiger partial charge is 0.341 e. The molecule has 138 valence electrons. The van der Waals surface area contributed by atoms with Gasteiger partial charge in [0.05, 0.1) is 18.1 Å². The highest BCUT2D eigenvalue weighted by Crippen LogP contribution is 2.35. The maximum absolute atomic E-state index is 11.8. The van der Waals surface area contributed by atoms with Gasteiger partial charge in [-0.15, -0.1) is 6.58 Å². The van der Waals surface area contributed by atoms with Crippen molar-refractivity contribution in [3.8, 4) is 0 Å². The maximum atomic E-state index is 11.8. The number of hydrogen-bond donors (Lipinski definition) is 4. The van der Waals surface area contributed by atoms with E-state index in [1.807, 2.05) is 0 Å². The monoisotopic (exact) mass is 356 g/mol. The van der Waals surface area contributed by atoms with Crippen molar-refractivity contribution in [2.75, 3.05) is 13.2 Å².